The number of hydrogen-bond donors (Lipinski definition) is 2. The van der Waals surface area contributed by atoms with Crippen LogP contribution in [0.25, 0.3) is 0 Å². The Morgan fingerprint density at radius 1 is 1.35 bits per heavy atom. The third-order valence-corrected chi connectivity index (χ3v) is 3.82. The Hall–Kier alpha value is -1.59. The van der Waals surface area contributed by atoms with Crippen LogP contribution in [0.1, 0.15) is 24.0 Å². The van der Waals surface area contributed by atoms with Crippen molar-refractivity contribution in [3.8, 4) is 5.75 Å². The fourth-order valence-electron chi connectivity index (χ4n) is 2.60. The first-order valence-corrected chi connectivity index (χ1v) is 7.02. The summed E-state index contributed by atoms with van der Waals surface area (Å²) in [5.41, 5.74) is 2.06. The predicted octanol–water partition coefficient (Wildman–Crippen LogP) is 1.17. The lowest BCUT2D eigenvalue weighted by Crippen LogP contribution is -2.50. The number of imide groups is 1. The van der Waals surface area contributed by atoms with Gasteiger partial charge in [-0.2, -0.15) is 0 Å². The van der Waals surface area contributed by atoms with E-state index in [9.17, 15) is 9.59 Å². The molecule has 106 valence electrons. The molecule has 0 spiro atoms. The molecule has 3 rings (SSSR count). The van der Waals surface area contributed by atoms with E-state index >= 15 is 0 Å². The standard InChI is InChI=1S/C14H15ClN2O3/c15-10-5-8-3-4-20-13(8)9(6-10)7-16-11-1-2-12(18)17-14(11)19/h5-6,11,16H,1-4,7H2,(H,17,18,19). The monoisotopic (exact) mass is 294 g/mol. The zero-order valence-electron chi connectivity index (χ0n) is 10.9. The van der Waals surface area contributed by atoms with E-state index in [1.165, 1.54) is 0 Å². The van der Waals surface area contributed by atoms with E-state index in [-0.39, 0.29) is 17.9 Å². The van der Waals surface area contributed by atoms with Crippen molar-refractivity contribution in [3.63, 3.8) is 0 Å². The predicted molar refractivity (Wildman–Crippen MR) is 73.7 cm³/mol. The Labute approximate surface area is 121 Å². The molecule has 1 unspecified atom stereocenters. The second-order valence-electron chi connectivity index (χ2n) is 5.04. The van der Waals surface area contributed by atoms with Gasteiger partial charge in [-0.05, 0) is 24.1 Å². The van der Waals surface area contributed by atoms with E-state index in [0.717, 1.165) is 23.3 Å². The molecule has 1 saturated heterocycles. The van der Waals surface area contributed by atoms with Crippen molar-refractivity contribution in [1.29, 1.82) is 0 Å². The van der Waals surface area contributed by atoms with Crippen LogP contribution in [0.15, 0.2) is 12.1 Å². The van der Waals surface area contributed by atoms with Crippen LogP contribution in [0.4, 0.5) is 0 Å². The van der Waals surface area contributed by atoms with Gasteiger partial charge in [0.1, 0.15) is 5.75 Å². The molecule has 0 aromatic heterocycles. The second-order valence-corrected chi connectivity index (χ2v) is 5.47. The average molecular weight is 295 g/mol. The van der Waals surface area contributed by atoms with Crippen molar-refractivity contribution in [2.75, 3.05) is 6.61 Å². The molecule has 6 heteroatoms. The number of rotatable bonds is 3. The number of ether oxygens (including phenoxy) is 1. The van der Waals surface area contributed by atoms with Crippen LogP contribution in [-0.4, -0.2) is 24.5 Å². The third-order valence-electron chi connectivity index (χ3n) is 3.60. The number of carbonyl (C=O) groups excluding carboxylic acids is 2. The lowest BCUT2D eigenvalue weighted by Gasteiger charge is -2.22. The molecule has 0 bridgehead atoms. The van der Waals surface area contributed by atoms with Gasteiger partial charge < -0.3 is 10.1 Å². The van der Waals surface area contributed by atoms with Crippen molar-refractivity contribution in [2.24, 2.45) is 0 Å². The molecule has 0 radical (unpaired) electrons. The van der Waals surface area contributed by atoms with Gasteiger partial charge in [0.2, 0.25) is 11.8 Å². The van der Waals surface area contributed by atoms with Crippen LogP contribution >= 0.6 is 11.6 Å². The summed E-state index contributed by atoms with van der Waals surface area (Å²) in [6.45, 7) is 1.16. The van der Waals surface area contributed by atoms with Gasteiger partial charge in [-0.3, -0.25) is 14.9 Å². The summed E-state index contributed by atoms with van der Waals surface area (Å²) in [6.07, 6.45) is 1.75. The molecule has 2 aliphatic rings. The molecule has 1 atom stereocenters. The largest absolute Gasteiger partial charge is 0.493 e. The molecular weight excluding hydrogens is 280 g/mol. The average Bonchev–Trinajstić information content (AvgIpc) is 2.85. The van der Waals surface area contributed by atoms with E-state index in [0.29, 0.717) is 31.0 Å². The molecule has 1 aromatic carbocycles. The number of carbonyl (C=O) groups is 2. The van der Waals surface area contributed by atoms with Crippen molar-refractivity contribution in [2.45, 2.75) is 31.8 Å². The van der Waals surface area contributed by atoms with Crippen LogP contribution in [0.3, 0.4) is 0 Å². The number of piperidine rings is 1. The highest BCUT2D eigenvalue weighted by molar-refractivity contribution is 6.30. The number of halogens is 1. The summed E-state index contributed by atoms with van der Waals surface area (Å²) < 4.78 is 5.62. The van der Waals surface area contributed by atoms with E-state index in [4.69, 9.17) is 16.3 Å². The van der Waals surface area contributed by atoms with Crippen LogP contribution in [-0.2, 0) is 22.6 Å². The molecule has 0 aliphatic carbocycles. The molecule has 2 heterocycles. The summed E-state index contributed by atoms with van der Waals surface area (Å²) in [5.74, 6) is 0.398. The van der Waals surface area contributed by atoms with Crippen LogP contribution < -0.4 is 15.4 Å². The van der Waals surface area contributed by atoms with Gasteiger partial charge in [-0.15, -0.1) is 0 Å². The Morgan fingerprint density at radius 2 is 2.20 bits per heavy atom. The number of benzene rings is 1. The smallest absolute Gasteiger partial charge is 0.243 e. The number of nitrogens with one attached hydrogen (secondary N) is 2. The van der Waals surface area contributed by atoms with Gasteiger partial charge in [-0.25, -0.2) is 0 Å². The minimum atomic E-state index is -0.344. The highest BCUT2D eigenvalue weighted by Gasteiger charge is 2.26. The second kappa shape index (κ2) is 5.42. The summed E-state index contributed by atoms with van der Waals surface area (Å²) in [6, 6.07) is 3.42. The van der Waals surface area contributed by atoms with Crippen molar-refractivity contribution >= 4 is 23.4 Å². The van der Waals surface area contributed by atoms with Crippen LogP contribution in [0, 0.1) is 0 Å². The lowest BCUT2D eigenvalue weighted by molar-refractivity contribution is -0.134. The summed E-state index contributed by atoms with van der Waals surface area (Å²) in [7, 11) is 0. The maximum absolute atomic E-state index is 11.7. The minimum Gasteiger partial charge on any atom is -0.493 e. The normalized spacial score (nSPS) is 21.4. The maximum atomic E-state index is 11.7. The maximum Gasteiger partial charge on any atom is 0.243 e. The first-order chi connectivity index (χ1) is 9.63. The van der Waals surface area contributed by atoms with E-state index in [2.05, 4.69) is 10.6 Å². The Kier molecular flexibility index (Phi) is 3.63. The first-order valence-electron chi connectivity index (χ1n) is 6.64. The number of hydrogen-bond acceptors (Lipinski definition) is 4. The molecular formula is C14H15ClN2O3. The van der Waals surface area contributed by atoms with Crippen molar-refractivity contribution < 1.29 is 14.3 Å². The molecule has 1 aromatic rings. The fraction of sp³-hybridized carbons (Fsp3) is 0.429. The molecule has 1 fully saturated rings. The number of fused-ring (bicyclic) bond motifs is 1. The Morgan fingerprint density at radius 3 is 3.00 bits per heavy atom. The Balaban J connectivity index is 1.70. The van der Waals surface area contributed by atoms with Gasteiger partial charge in [0.25, 0.3) is 0 Å². The van der Waals surface area contributed by atoms with Gasteiger partial charge >= 0.3 is 0 Å². The fourth-order valence-corrected chi connectivity index (χ4v) is 2.86. The zero-order valence-corrected chi connectivity index (χ0v) is 11.6. The molecule has 0 saturated carbocycles. The van der Waals surface area contributed by atoms with Crippen LogP contribution in [0.2, 0.25) is 5.02 Å². The first kappa shape index (κ1) is 13.4. The number of amides is 2. The van der Waals surface area contributed by atoms with E-state index < -0.39 is 0 Å². The van der Waals surface area contributed by atoms with E-state index in [1.54, 1.807) is 0 Å². The molecule has 2 N–H and O–H groups in total. The summed E-state index contributed by atoms with van der Waals surface area (Å²) in [5, 5.41) is 6.17. The highest BCUT2D eigenvalue weighted by atomic mass is 35.5. The summed E-state index contributed by atoms with van der Waals surface area (Å²) in [4.78, 5) is 22.8. The summed E-state index contributed by atoms with van der Waals surface area (Å²) >= 11 is 6.09. The van der Waals surface area contributed by atoms with Crippen molar-refractivity contribution in [3.05, 3.63) is 28.3 Å². The minimum absolute atomic E-state index is 0.208. The Bertz CT molecular complexity index is 574. The molecule has 20 heavy (non-hydrogen) atoms. The molecule has 2 aliphatic heterocycles. The van der Waals surface area contributed by atoms with Gasteiger partial charge in [0, 0.05) is 30.0 Å². The SMILES string of the molecule is O=C1CCC(NCc2cc(Cl)cc3c2OCC3)C(=O)N1. The van der Waals surface area contributed by atoms with Crippen molar-refractivity contribution in [1.82, 2.24) is 10.6 Å². The lowest BCUT2D eigenvalue weighted by atomic mass is 10.0. The topological polar surface area (TPSA) is 67.4 Å². The van der Waals surface area contributed by atoms with Gasteiger partial charge in [0.05, 0.1) is 12.6 Å². The van der Waals surface area contributed by atoms with Gasteiger partial charge in [-0.1, -0.05) is 11.6 Å². The van der Waals surface area contributed by atoms with Crippen LogP contribution in [0.5, 0.6) is 5.75 Å². The highest BCUT2D eigenvalue weighted by Crippen LogP contribution is 2.32. The van der Waals surface area contributed by atoms with E-state index in [1.807, 2.05) is 12.1 Å². The third kappa shape index (κ3) is 2.64. The zero-order chi connectivity index (χ0) is 14.1. The molecule has 2 amide bonds. The van der Waals surface area contributed by atoms with Gasteiger partial charge in [0.15, 0.2) is 0 Å². The molecule has 5 nitrogen and oxygen atoms in total. The quantitative estimate of drug-likeness (QED) is 0.821.